The van der Waals surface area contributed by atoms with Crippen LogP contribution < -0.4 is 5.32 Å². The van der Waals surface area contributed by atoms with Gasteiger partial charge >= 0.3 is 0 Å². The van der Waals surface area contributed by atoms with Crippen molar-refractivity contribution in [2.75, 3.05) is 13.6 Å². The zero-order chi connectivity index (χ0) is 11.8. The summed E-state index contributed by atoms with van der Waals surface area (Å²) in [5.74, 6) is 1.18. The van der Waals surface area contributed by atoms with E-state index in [-0.39, 0.29) is 0 Å². The first-order valence-electron chi connectivity index (χ1n) is 6.10. The average molecular weight is 250 g/mol. The summed E-state index contributed by atoms with van der Waals surface area (Å²) < 4.78 is 2.37. The molecular weight excluding hydrogens is 234 g/mol. The van der Waals surface area contributed by atoms with Crippen LogP contribution in [0.1, 0.15) is 24.7 Å². The van der Waals surface area contributed by atoms with E-state index in [2.05, 4.69) is 9.88 Å². The molecule has 0 bridgehead atoms. The molecule has 0 radical (unpaired) electrons. The van der Waals surface area contributed by atoms with Crippen LogP contribution in [0.5, 0.6) is 0 Å². The summed E-state index contributed by atoms with van der Waals surface area (Å²) in [4.78, 5) is 4.72. The average Bonchev–Trinajstić information content (AvgIpc) is 3.08. The fourth-order valence-corrected chi connectivity index (χ4v) is 2.44. The minimum atomic E-state index is 0.644. The highest BCUT2D eigenvalue weighted by atomic mass is 35.5. The van der Waals surface area contributed by atoms with E-state index in [1.54, 1.807) is 0 Å². The van der Waals surface area contributed by atoms with Crippen molar-refractivity contribution in [1.82, 2.24) is 14.9 Å². The fourth-order valence-electron chi connectivity index (χ4n) is 2.27. The topological polar surface area (TPSA) is 29.9 Å². The number of nitrogens with zero attached hydrogens (tertiary/aromatic N) is 2. The smallest absolute Gasteiger partial charge is 0.111 e. The standard InChI is InChI=1S/C13H16ClN3/c1-15-7-6-13-16-11-5-2-9(14)8-12(11)17(13)10-3-4-10/h2,5,8,10,15H,3-4,6-7H2,1H3. The number of rotatable bonds is 4. The monoisotopic (exact) mass is 249 g/mol. The number of hydrogen-bond donors (Lipinski definition) is 1. The lowest BCUT2D eigenvalue weighted by atomic mass is 10.3. The Kier molecular flexibility index (Phi) is 2.81. The Morgan fingerprint density at radius 1 is 1.47 bits per heavy atom. The van der Waals surface area contributed by atoms with Crippen LogP contribution >= 0.6 is 11.6 Å². The Bertz CT molecular complexity index is 543. The molecule has 1 aromatic heterocycles. The molecule has 90 valence electrons. The van der Waals surface area contributed by atoms with Gasteiger partial charge in [0.05, 0.1) is 11.0 Å². The number of fused-ring (bicyclic) bond motifs is 1. The molecule has 0 atom stereocenters. The van der Waals surface area contributed by atoms with E-state index in [1.807, 2.05) is 25.2 Å². The van der Waals surface area contributed by atoms with E-state index < -0.39 is 0 Å². The van der Waals surface area contributed by atoms with Crippen molar-refractivity contribution in [2.24, 2.45) is 0 Å². The summed E-state index contributed by atoms with van der Waals surface area (Å²) in [6.45, 7) is 0.962. The van der Waals surface area contributed by atoms with Crippen molar-refractivity contribution >= 4 is 22.6 Å². The summed E-state index contributed by atoms with van der Waals surface area (Å²) in [5.41, 5.74) is 2.25. The Hall–Kier alpha value is -1.06. The molecule has 1 heterocycles. The quantitative estimate of drug-likeness (QED) is 0.903. The molecule has 17 heavy (non-hydrogen) atoms. The molecule has 1 aliphatic rings. The number of hydrogen-bond acceptors (Lipinski definition) is 2. The molecule has 1 aliphatic carbocycles. The first-order valence-corrected chi connectivity index (χ1v) is 6.48. The maximum atomic E-state index is 6.08. The van der Waals surface area contributed by atoms with Gasteiger partial charge in [-0.1, -0.05) is 11.6 Å². The summed E-state index contributed by atoms with van der Waals surface area (Å²) in [6, 6.07) is 6.60. The third kappa shape index (κ3) is 2.05. The molecule has 1 N–H and O–H groups in total. The van der Waals surface area contributed by atoms with E-state index in [9.17, 15) is 0 Å². The van der Waals surface area contributed by atoms with Crippen molar-refractivity contribution in [3.05, 3.63) is 29.0 Å². The molecule has 0 saturated heterocycles. The number of likely N-dealkylation sites (N-methyl/N-ethyl adjacent to an activating group) is 1. The van der Waals surface area contributed by atoms with Crippen LogP contribution in [-0.2, 0) is 6.42 Å². The van der Waals surface area contributed by atoms with E-state index >= 15 is 0 Å². The van der Waals surface area contributed by atoms with E-state index in [1.165, 1.54) is 24.2 Å². The van der Waals surface area contributed by atoms with Gasteiger partial charge in [0.15, 0.2) is 0 Å². The normalized spacial score (nSPS) is 15.6. The third-order valence-electron chi connectivity index (χ3n) is 3.24. The van der Waals surface area contributed by atoms with Crippen LogP contribution in [0.3, 0.4) is 0 Å². The van der Waals surface area contributed by atoms with Gasteiger partial charge in [-0.2, -0.15) is 0 Å². The van der Waals surface area contributed by atoms with Crippen LogP contribution in [0.25, 0.3) is 11.0 Å². The van der Waals surface area contributed by atoms with Gasteiger partial charge in [0.25, 0.3) is 0 Å². The van der Waals surface area contributed by atoms with Crippen molar-refractivity contribution in [2.45, 2.75) is 25.3 Å². The van der Waals surface area contributed by atoms with Crippen molar-refractivity contribution < 1.29 is 0 Å². The molecule has 2 aromatic rings. The number of nitrogens with one attached hydrogen (secondary N) is 1. The first kappa shape index (κ1) is 11.1. The van der Waals surface area contributed by atoms with Gasteiger partial charge < -0.3 is 9.88 Å². The Morgan fingerprint density at radius 2 is 2.29 bits per heavy atom. The fraction of sp³-hybridized carbons (Fsp3) is 0.462. The van der Waals surface area contributed by atoms with Crippen LogP contribution in [0, 0.1) is 0 Å². The maximum absolute atomic E-state index is 6.08. The molecule has 0 spiro atoms. The molecule has 1 aromatic carbocycles. The number of halogens is 1. The largest absolute Gasteiger partial charge is 0.325 e. The maximum Gasteiger partial charge on any atom is 0.111 e. The van der Waals surface area contributed by atoms with Gasteiger partial charge in [0.2, 0.25) is 0 Å². The van der Waals surface area contributed by atoms with Gasteiger partial charge in [-0.15, -0.1) is 0 Å². The van der Waals surface area contributed by atoms with Gasteiger partial charge in [0.1, 0.15) is 5.82 Å². The molecule has 3 rings (SSSR count). The minimum absolute atomic E-state index is 0.644. The van der Waals surface area contributed by atoms with Gasteiger partial charge in [-0.05, 0) is 38.1 Å². The van der Waals surface area contributed by atoms with Gasteiger partial charge in [-0.25, -0.2) is 4.98 Å². The lowest BCUT2D eigenvalue weighted by Gasteiger charge is -2.07. The molecular formula is C13H16ClN3. The van der Waals surface area contributed by atoms with Gasteiger partial charge in [0, 0.05) is 24.0 Å². The molecule has 4 heteroatoms. The highest BCUT2D eigenvalue weighted by Gasteiger charge is 2.27. The van der Waals surface area contributed by atoms with E-state index in [0.717, 1.165) is 23.5 Å². The molecule has 3 nitrogen and oxygen atoms in total. The Morgan fingerprint density at radius 3 is 3.00 bits per heavy atom. The summed E-state index contributed by atoms with van der Waals surface area (Å²) in [5, 5.41) is 3.97. The van der Waals surface area contributed by atoms with Gasteiger partial charge in [-0.3, -0.25) is 0 Å². The summed E-state index contributed by atoms with van der Waals surface area (Å²) in [6.07, 6.45) is 3.51. The summed E-state index contributed by atoms with van der Waals surface area (Å²) >= 11 is 6.08. The lowest BCUT2D eigenvalue weighted by Crippen LogP contribution is -2.13. The third-order valence-corrected chi connectivity index (χ3v) is 3.47. The second kappa shape index (κ2) is 4.31. The van der Waals surface area contributed by atoms with E-state index in [4.69, 9.17) is 16.6 Å². The van der Waals surface area contributed by atoms with Crippen molar-refractivity contribution in [3.63, 3.8) is 0 Å². The van der Waals surface area contributed by atoms with Crippen LogP contribution in [0.4, 0.5) is 0 Å². The number of imidazole rings is 1. The second-order valence-corrected chi connectivity index (χ2v) is 5.05. The van der Waals surface area contributed by atoms with Crippen LogP contribution in [0.15, 0.2) is 18.2 Å². The van der Waals surface area contributed by atoms with Crippen molar-refractivity contribution in [1.29, 1.82) is 0 Å². The Labute approximate surface area is 106 Å². The summed E-state index contributed by atoms with van der Waals surface area (Å²) in [7, 11) is 1.97. The van der Waals surface area contributed by atoms with E-state index in [0.29, 0.717) is 6.04 Å². The van der Waals surface area contributed by atoms with Crippen LogP contribution in [-0.4, -0.2) is 23.1 Å². The zero-order valence-electron chi connectivity index (χ0n) is 9.91. The SMILES string of the molecule is CNCCc1nc2ccc(Cl)cc2n1C1CC1. The number of aromatic nitrogens is 2. The molecule has 0 amide bonds. The second-order valence-electron chi connectivity index (χ2n) is 4.62. The molecule has 1 fully saturated rings. The lowest BCUT2D eigenvalue weighted by molar-refractivity contribution is 0.670. The minimum Gasteiger partial charge on any atom is -0.325 e. The predicted molar refractivity (Wildman–Crippen MR) is 70.6 cm³/mol. The highest BCUT2D eigenvalue weighted by Crippen LogP contribution is 2.39. The number of benzene rings is 1. The molecule has 1 saturated carbocycles. The first-order chi connectivity index (χ1) is 8.29. The molecule has 0 unspecified atom stereocenters. The highest BCUT2D eigenvalue weighted by molar-refractivity contribution is 6.31. The Balaban J connectivity index is 2.10. The van der Waals surface area contributed by atoms with Crippen molar-refractivity contribution in [3.8, 4) is 0 Å². The molecule has 0 aliphatic heterocycles. The predicted octanol–water partition coefficient (Wildman–Crippen LogP) is 2.79. The zero-order valence-corrected chi connectivity index (χ0v) is 10.7. The van der Waals surface area contributed by atoms with Crippen LogP contribution in [0.2, 0.25) is 5.02 Å².